The van der Waals surface area contributed by atoms with E-state index in [0.29, 0.717) is 17.2 Å². The lowest BCUT2D eigenvalue weighted by Gasteiger charge is -2.26. The molecule has 0 amide bonds. The van der Waals surface area contributed by atoms with Crippen LogP contribution in [-0.4, -0.2) is 43.6 Å². The van der Waals surface area contributed by atoms with Gasteiger partial charge in [0.05, 0.1) is 18.6 Å². The van der Waals surface area contributed by atoms with Crippen molar-refractivity contribution in [1.82, 2.24) is 19.7 Å². The lowest BCUT2D eigenvalue weighted by atomic mass is 10.1. The smallest absolute Gasteiger partial charge is 0.321 e. The van der Waals surface area contributed by atoms with Gasteiger partial charge in [-0.2, -0.15) is 15.0 Å². The number of benzene rings is 2. The molecule has 4 rings (SSSR count). The van der Waals surface area contributed by atoms with Crippen molar-refractivity contribution in [1.29, 1.82) is 0 Å². The van der Waals surface area contributed by atoms with E-state index in [9.17, 15) is 8.42 Å². The van der Waals surface area contributed by atoms with Gasteiger partial charge in [-0.05, 0) is 30.7 Å². The number of sulfonamides is 1. The molecule has 0 unspecified atom stereocenters. The van der Waals surface area contributed by atoms with Gasteiger partial charge in [0.1, 0.15) is 0 Å². The first-order chi connectivity index (χ1) is 14.1. The molecule has 8 nitrogen and oxygen atoms in total. The van der Waals surface area contributed by atoms with Crippen molar-refractivity contribution in [3.05, 3.63) is 48.3 Å². The summed E-state index contributed by atoms with van der Waals surface area (Å²) in [4.78, 5) is 15.3. The standard InChI is InChI=1S/C20H23N5O3S/c1-28-20-23-18(22-19(24-20)25-12-5-2-6-13-25)14-21-29(26,27)17-11-7-9-15-8-3-4-10-16(15)17/h3-4,7-11,21H,2,5-6,12-14H2,1H3. The van der Waals surface area contributed by atoms with Crippen molar-refractivity contribution in [3.63, 3.8) is 0 Å². The van der Waals surface area contributed by atoms with Gasteiger partial charge >= 0.3 is 6.01 Å². The zero-order valence-corrected chi connectivity index (χ0v) is 17.0. The number of hydrogen-bond donors (Lipinski definition) is 1. The fourth-order valence-electron chi connectivity index (χ4n) is 3.46. The Morgan fingerprint density at radius 1 is 1.00 bits per heavy atom. The van der Waals surface area contributed by atoms with E-state index in [4.69, 9.17) is 4.74 Å². The van der Waals surface area contributed by atoms with Crippen molar-refractivity contribution < 1.29 is 13.2 Å². The minimum absolute atomic E-state index is 0.0503. The van der Waals surface area contributed by atoms with Crippen LogP contribution < -0.4 is 14.4 Å². The van der Waals surface area contributed by atoms with Gasteiger partial charge in [-0.25, -0.2) is 13.1 Å². The number of piperidine rings is 1. The average Bonchev–Trinajstić information content (AvgIpc) is 2.77. The fraction of sp³-hybridized carbons (Fsp3) is 0.350. The predicted molar refractivity (Wildman–Crippen MR) is 110 cm³/mol. The topological polar surface area (TPSA) is 97.3 Å². The molecule has 0 spiro atoms. The summed E-state index contributed by atoms with van der Waals surface area (Å²) >= 11 is 0. The van der Waals surface area contributed by atoms with Gasteiger partial charge in [-0.15, -0.1) is 0 Å². The zero-order chi connectivity index (χ0) is 20.3. The fourth-order valence-corrected chi connectivity index (χ4v) is 4.67. The molecule has 0 radical (unpaired) electrons. The molecule has 1 fully saturated rings. The second-order valence-corrected chi connectivity index (χ2v) is 8.62. The second-order valence-electron chi connectivity index (χ2n) is 6.89. The third-order valence-electron chi connectivity index (χ3n) is 4.93. The molecule has 2 heterocycles. The van der Waals surface area contributed by atoms with Gasteiger partial charge in [-0.3, -0.25) is 0 Å². The highest BCUT2D eigenvalue weighted by atomic mass is 32.2. The Balaban J connectivity index is 1.59. The first-order valence-electron chi connectivity index (χ1n) is 9.58. The quantitative estimate of drug-likeness (QED) is 0.663. The Kier molecular flexibility index (Phi) is 5.59. The van der Waals surface area contributed by atoms with Crippen molar-refractivity contribution in [3.8, 4) is 6.01 Å². The van der Waals surface area contributed by atoms with Crippen molar-refractivity contribution in [2.24, 2.45) is 0 Å². The number of anilines is 1. The molecule has 1 saturated heterocycles. The van der Waals surface area contributed by atoms with Crippen molar-refractivity contribution >= 4 is 26.7 Å². The van der Waals surface area contributed by atoms with Crippen LogP contribution in [0.4, 0.5) is 5.95 Å². The molecule has 0 bridgehead atoms. The highest BCUT2D eigenvalue weighted by Gasteiger charge is 2.20. The molecule has 1 aliphatic rings. The minimum atomic E-state index is -3.75. The summed E-state index contributed by atoms with van der Waals surface area (Å²) in [6, 6.07) is 12.8. The molecule has 1 N–H and O–H groups in total. The van der Waals surface area contributed by atoms with E-state index in [1.165, 1.54) is 13.5 Å². The Morgan fingerprint density at radius 3 is 2.55 bits per heavy atom. The summed E-state index contributed by atoms with van der Waals surface area (Å²) in [6.45, 7) is 1.69. The monoisotopic (exact) mass is 413 g/mol. The van der Waals surface area contributed by atoms with E-state index in [2.05, 4.69) is 24.6 Å². The molecular formula is C20H23N5O3S. The minimum Gasteiger partial charge on any atom is -0.467 e. The van der Waals surface area contributed by atoms with E-state index >= 15 is 0 Å². The summed E-state index contributed by atoms with van der Waals surface area (Å²) in [6.07, 6.45) is 3.35. The Morgan fingerprint density at radius 2 is 1.76 bits per heavy atom. The van der Waals surface area contributed by atoms with Crippen LogP contribution in [0.1, 0.15) is 25.1 Å². The van der Waals surface area contributed by atoms with Gasteiger partial charge in [0.25, 0.3) is 0 Å². The predicted octanol–water partition coefficient (Wildman–Crippen LogP) is 2.50. The lowest BCUT2D eigenvalue weighted by Crippen LogP contribution is -2.32. The first-order valence-corrected chi connectivity index (χ1v) is 11.1. The van der Waals surface area contributed by atoms with Crippen LogP contribution in [0.2, 0.25) is 0 Å². The third kappa shape index (κ3) is 4.30. The van der Waals surface area contributed by atoms with Gasteiger partial charge in [0, 0.05) is 18.5 Å². The van der Waals surface area contributed by atoms with Gasteiger partial charge in [0.2, 0.25) is 16.0 Å². The molecule has 1 aromatic heterocycles. The number of nitrogens with zero attached hydrogens (tertiary/aromatic N) is 4. The van der Waals surface area contributed by atoms with E-state index < -0.39 is 10.0 Å². The summed E-state index contributed by atoms with van der Waals surface area (Å²) in [5, 5.41) is 1.54. The van der Waals surface area contributed by atoms with E-state index in [1.54, 1.807) is 18.2 Å². The number of ether oxygens (including phenoxy) is 1. The van der Waals surface area contributed by atoms with Crippen molar-refractivity contribution in [2.45, 2.75) is 30.7 Å². The molecule has 9 heteroatoms. The molecule has 1 aliphatic heterocycles. The van der Waals surface area contributed by atoms with Crippen LogP contribution in [-0.2, 0) is 16.6 Å². The number of fused-ring (bicyclic) bond motifs is 1. The largest absolute Gasteiger partial charge is 0.467 e. The lowest BCUT2D eigenvalue weighted by molar-refractivity contribution is 0.374. The number of hydrogen-bond acceptors (Lipinski definition) is 7. The SMILES string of the molecule is COc1nc(CNS(=O)(=O)c2cccc3ccccc23)nc(N2CCCCC2)n1. The van der Waals surface area contributed by atoms with E-state index in [-0.39, 0.29) is 17.5 Å². The van der Waals surface area contributed by atoms with Gasteiger partial charge in [-0.1, -0.05) is 36.4 Å². The van der Waals surface area contributed by atoms with Crippen LogP contribution in [0.25, 0.3) is 10.8 Å². The van der Waals surface area contributed by atoms with Crippen LogP contribution in [0, 0.1) is 0 Å². The van der Waals surface area contributed by atoms with Crippen LogP contribution >= 0.6 is 0 Å². The number of methoxy groups -OCH3 is 1. The summed E-state index contributed by atoms with van der Waals surface area (Å²) in [7, 11) is -2.26. The number of rotatable bonds is 6. The molecule has 0 aliphatic carbocycles. The molecule has 29 heavy (non-hydrogen) atoms. The Labute approximate surface area is 170 Å². The molecule has 2 aromatic carbocycles. The Hall–Kier alpha value is -2.78. The van der Waals surface area contributed by atoms with Gasteiger partial charge in [0.15, 0.2) is 5.82 Å². The average molecular weight is 414 g/mol. The van der Waals surface area contributed by atoms with Crippen LogP contribution in [0.5, 0.6) is 6.01 Å². The van der Waals surface area contributed by atoms with Crippen LogP contribution in [0.3, 0.4) is 0 Å². The summed E-state index contributed by atoms with van der Waals surface area (Å²) < 4.78 is 33.7. The summed E-state index contributed by atoms with van der Waals surface area (Å²) in [5.74, 6) is 0.845. The highest BCUT2D eigenvalue weighted by molar-refractivity contribution is 7.89. The maximum atomic E-state index is 12.9. The van der Waals surface area contributed by atoms with E-state index in [0.717, 1.165) is 31.3 Å². The highest BCUT2D eigenvalue weighted by Crippen LogP contribution is 2.23. The molecule has 152 valence electrons. The van der Waals surface area contributed by atoms with Crippen LogP contribution in [0.15, 0.2) is 47.4 Å². The van der Waals surface area contributed by atoms with Crippen molar-refractivity contribution in [2.75, 3.05) is 25.1 Å². The summed E-state index contributed by atoms with van der Waals surface area (Å²) in [5.41, 5.74) is 0. The third-order valence-corrected chi connectivity index (χ3v) is 6.39. The molecule has 0 saturated carbocycles. The molecule has 3 aromatic rings. The zero-order valence-electron chi connectivity index (χ0n) is 16.2. The number of aromatic nitrogens is 3. The molecule has 0 atom stereocenters. The molecular weight excluding hydrogens is 390 g/mol. The number of nitrogens with one attached hydrogen (secondary N) is 1. The normalized spacial score (nSPS) is 14.9. The Bertz CT molecular complexity index is 1110. The van der Waals surface area contributed by atoms with Gasteiger partial charge < -0.3 is 9.64 Å². The maximum Gasteiger partial charge on any atom is 0.321 e. The first kappa shape index (κ1) is 19.5. The maximum absolute atomic E-state index is 12.9. The van der Waals surface area contributed by atoms with E-state index in [1.807, 2.05) is 24.3 Å². The second kappa shape index (κ2) is 8.30.